The number of nitrogens with zero attached hydrogens (tertiary/aromatic N) is 1. The molecule has 0 unspecified atom stereocenters. The predicted molar refractivity (Wildman–Crippen MR) is 113 cm³/mol. The zero-order valence-corrected chi connectivity index (χ0v) is 16.7. The van der Waals surface area contributed by atoms with Crippen molar-refractivity contribution in [2.75, 3.05) is 23.3 Å². The Balaban J connectivity index is 1.33. The highest BCUT2D eigenvalue weighted by molar-refractivity contribution is 6.39. The third-order valence-corrected chi connectivity index (χ3v) is 5.68. The number of rotatable bonds is 4. The van der Waals surface area contributed by atoms with Crippen LogP contribution in [0.3, 0.4) is 0 Å². The molecule has 2 aromatic carbocycles. The van der Waals surface area contributed by atoms with Gasteiger partial charge in [0.1, 0.15) is 0 Å². The molecule has 1 heterocycles. The first-order chi connectivity index (χ1) is 14.4. The van der Waals surface area contributed by atoms with E-state index in [1.807, 2.05) is 30.3 Å². The summed E-state index contributed by atoms with van der Waals surface area (Å²) in [4.78, 5) is 38.4. The number of carbonyl (C=O) groups excluding carboxylic acids is 3. The molecule has 1 fully saturated rings. The zero-order valence-electron chi connectivity index (χ0n) is 16.7. The Kier molecular flexibility index (Phi) is 5.55. The molecule has 0 atom stereocenters. The Bertz CT molecular complexity index is 963. The quantitative estimate of drug-likeness (QED) is 0.673. The standard InChI is InChI=1S/C23H25N3O4/c27-20-10-3-4-11-26(20)19-9-5-8-18(12-19)25-22(29)21(28)24-15-23(30)13-16-6-1-2-7-17(16)14-23/h1-2,5-9,12,30H,3-4,10-11,13-15H2,(H,24,28)(H,25,29). The minimum Gasteiger partial charge on any atom is -0.387 e. The van der Waals surface area contributed by atoms with Crippen LogP contribution in [0, 0.1) is 0 Å². The number of nitrogens with one attached hydrogen (secondary N) is 2. The lowest BCUT2D eigenvalue weighted by molar-refractivity contribution is -0.136. The molecule has 0 aromatic heterocycles. The monoisotopic (exact) mass is 407 g/mol. The Morgan fingerprint density at radius 2 is 1.73 bits per heavy atom. The van der Waals surface area contributed by atoms with Crippen LogP contribution in [0.5, 0.6) is 0 Å². The van der Waals surface area contributed by atoms with Crippen LogP contribution in [0.15, 0.2) is 48.5 Å². The third-order valence-electron chi connectivity index (χ3n) is 5.68. The van der Waals surface area contributed by atoms with Crippen molar-refractivity contribution in [1.82, 2.24) is 5.32 Å². The molecular weight excluding hydrogens is 382 g/mol. The van der Waals surface area contributed by atoms with Crippen molar-refractivity contribution in [3.63, 3.8) is 0 Å². The van der Waals surface area contributed by atoms with E-state index in [0.29, 0.717) is 37.2 Å². The van der Waals surface area contributed by atoms with E-state index >= 15 is 0 Å². The van der Waals surface area contributed by atoms with Crippen molar-refractivity contribution in [2.45, 2.75) is 37.7 Å². The number of piperidine rings is 1. The molecule has 156 valence electrons. The van der Waals surface area contributed by atoms with E-state index in [4.69, 9.17) is 0 Å². The summed E-state index contributed by atoms with van der Waals surface area (Å²) in [5, 5.41) is 15.9. The van der Waals surface area contributed by atoms with Crippen molar-refractivity contribution in [2.24, 2.45) is 0 Å². The van der Waals surface area contributed by atoms with Gasteiger partial charge in [-0.1, -0.05) is 30.3 Å². The molecule has 30 heavy (non-hydrogen) atoms. The Labute approximate surface area is 175 Å². The first-order valence-corrected chi connectivity index (χ1v) is 10.2. The third kappa shape index (κ3) is 4.36. The van der Waals surface area contributed by atoms with E-state index in [0.717, 1.165) is 24.0 Å². The number of hydrogen-bond donors (Lipinski definition) is 3. The molecule has 0 radical (unpaired) electrons. The lowest BCUT2D eigenvalue weighted by Crippen LogP contribution is -2.46. The number of carbonyl (C=O) groups is 3. The summed E-state index contributed by atoms with van der Waals surface area (Å²) in [6.45, 7) is 0.647. The fourth-order valence-corrected chi connectivity index (χ4v) is 4.14. The maximum Gasteiger partial charge on any atom is 0.313 e. The summed E-state index contributed by atoms with van der Waals surface area (Å²) in [6.07, 6.45) is 3.24. The van der Waals surface area contributed by atoms with Gasteiger partial charge in [-0.15, -0.1) is 0 Å². The molecule has 1 aliphatic carbocycles. The Hall–Kier alpha value is -3.19. The van der Waals surface area contributed by atoms with Gasteiger partial charge < -0.3 is 20.6 Å². The number of aliphatic hydroxyl groups is 1. The fourth-order valence-electron chi connectivity index (χ4n) is 4.14. The summed E-state index contributed by atoms with van der Waals surface area (Å²) in [5.74, 6) is -1.55. The van der Waals surface area contributed by atoms with Gasteiger partial charge in [0.2, 0.25) is 5.91 Å². The smallest absolute Gasteiger partial charge is 0.313 e. The Morgan fingerprint density at radius 3 is 2.43 bits per heavy atom. The van der Waals surface area contributed by atoms with Crippen LogP contribution in [-0.2, 0) is 27.2 Å². The number of benzene rings is 2. The van der Waals surface area contributed by atoms with Crippen LogP contribution < -0.4 is 15.5 Å². The summed E-state index contributed by atoms with van der Waals surface area (Å²) in [7, 11) is 0. The first kappa shape index (κ1) is 20.1. The van der Waals surface area contributed by atoms with Crippen LogP contribution in [0.1, 0.15) is 30.4 Å². The van der Waals surface area contributed by atoms with Crippen LogP contribution >= 0.6 is 0 Å². The molecule has 0 bridgehead atoms. The van der Waals surface area contributed by atoms with Crippen molar-refractivity contribution in [1.29, 1.82) is 0 Å². The largest absolute Gasteiger partial charge is 0.387 e. The van der Waals surface area contributed by atoms with Gasteiger partial charge in [0.25, 0.3) is 0 Å². The van der Waals surface area contributed by atoms with E-state index in [9.17, 15) is 19.5 Å². The van der Waals surface area contributed by atoms with Crippen LogP contribution in [0.4, 0.5) is 11.4 Å². The van der Waals surface area contributed by atoms with Gasteiger partial charge in [-0.05, 0) is 42.2 Å². The minimum atomic E-state index is -1.09. The van der Waals surface area contributed by atoms with E-state index < -0.39 is 17.4 Å². The van der Waals surface area contributed by atoms with Crippen LogP contribution in [-0.4, -0.2) is 41.5 Å². The summed E-state index contributed by atoms with van der Waals surface area (Å²) < 4.78 is 0. The van der Waals surface area contributed by atoms with Crippen molar-refractivity contribution in [3.8, 4) is 0 Å². The molecule has 7 heteroatoms. The number of anilines is 2. The van der Waals surface area contributed by atoms with E-state index in [1.54, 1.807) is 23.1 Å². The van der Waals surface area contributed by atoms with Crippen LogP contribution in [0.25, 0.3) is 0 Å². The normalized spacial score (nSPS) is 17.4. The molecule has 4 rings (SSSR count). The SMILES string of the molecule is O=C(NCC1(O)Cc2ccccc2C1)C(=O)Nc1cccc(N2CCCCC2=O)c1. The van der Waals surface area contributed by atoms with Gasteiger partial charge in [-0.25, -0.2) is 0 Å². The molecule has 3 amide bonds. The number of hydrogen-bond acceptors (Lipinski definition) is 4. The molecule has 3 N–H and O–H groups in total. The second-order valence-electron chi connectivity index (χ2n) is 8.04. The second kappa shape index (κ2) is 8.28. The van der Waals surface area contributed by atoms with E-state index in [2.05, 4.69) is 10.6 Å². The first-order valence-electron chi connectivity index (χ1n) is 10.2. The molecule has 2 aromatic rings. The van der Waals surface area contributed by atoms with Crippen molar-refractivity contribution >= 4 is 29.1 Å². The molecular formula is C23H25N3O4. The molecule has 1 aliphatic heterocycles. The fraction of sp³-hybridized carbons (Fsp3) is 0.348. The minimum absolute atomic E-state index is 0.00372. The molecule has 2 aliphatic rings. The highest BCUT2D eigenvalue weighted by Crippen LogP contribution is 2.29. The van der Waals surface area contributed by atoms with Gasteiger partial charge in [-0.3, -0.25) is 14.4 Å². The van der Waals surface area contributed by atoms with Crippen molar-refractivity contribution in [3.05, 3.63) is 59.7 Å². The van der Waals surface area contributed by atoms with Crippen molar-refractivity contribution < 1.29 is 19.5 Å². The highest BCUT2D eigenvalue weighted by atomic mass is 16.3. The summed E-state index contributed by atoms with van der Waals surface area (Å²) >= 11 is 0. The Morgan fingerprint density at radius 1 is 1.00 bits per heavy atom. The topological polar surface area (TPSA) is 98.7 Å². The van der Waals surface area contributed by atoms with Gasteiger partial charge in [0.15, 0.2) is 0 Å². The van der Waals surface area contributed by atoms with Gasteiger partial charge in [0, 0.05) is 43.7 Å². The summed E-state index contributed by atoms with van der Waals surface area (Å²) in [6, 6.07) is 14.7. The van der Waals surface area contributed by atoms with E-state index in [1.165, 1.54) is 0 Å². The maximum absolute atomic E-state index is 12.3. The lowest BCUT2D eigenvalue weighted by Gasteiger charge is -2.27. The molecule has 1 saturated heterocycles. The number of amides is 3. The van der Waals surface area contributed by atoms with Crippen LogP contribution in [0.2, 0.25) is 0 Å². The summed E-state index contributed by atoms with van der Waals surface area (Å²) in [5.41, 5.74) is 2.17. The molecule has 0 saturated carbocycles. The zero-order chi connectivity index (χ0) is 21.1. The molecule has 0 spiro atoms. The second-order valence-corrected chi connectivity index (χ2v) is 8.04. The van der Waals surface area contributed by atoms with E-state index in [-0.39, 0.29) is 12.5 Å². The number of fused-ring (bicyclic) bond motifs is 1. The van der Waals surface area contributed by atoms with Gasteiger partial charge in [0.05, 0.1) is 5.60 Å². The van der Waals surface area contributed by atoms with Gasteiger partial charge >= 0.3 is 11.8 Å². The molecule has 7 nitrogen and oxygen atoms in total. The lowest BCUT2D eigenvalue weighted by atomic mass is 10.0. The van der Waals surface area contributed by atoms with Gasteiger partial charge in [-0.2, -0.15) is 0 Å². The highest BCUT2D eigenvalue weighted by Gasteiger charge is 2.35. The average Bonchev–Trinajstić information content (AvgIpc) is 3.09. The average molecular weight is 407 g/mol. The maximum atomic E-state index is 12.3. The predicted octanol–water partition coefficient (Wildman–Crippen LogP) is 1.79.